The number of hydrogen-bond donors (Lipinski definition) is 2. The highest BCUT2D eigenvalue weighted by molar-refractivity contribution is 5.98. The number of methoxy groups -OCH3 is 2. The van der Waals surface area contributed by atoms with Gasteiger partial charge in [-0.1, -0.05) is 0 Å². The fourth-order valence-electron chi connectivity index (χ4n) is 3.50. The Labute approximate surface area is 201 Å². The Morgan fingerprint density at radius 1 is 1.03 bits per heavy atom. The lowest BCUT2D eigenvalue weighted by Crippen LogP contribution is -2.21. The molecule has 1 unspecified atom stereocenters. The number of carbonyl (C=O) groups excluding carboxylic acids is 3. The molecule has 2 heterocycles. The lowest BCUT2D eigenvalue weighted by Gasteiger charge is -2.19. The molecule has 0 saturated heterocycles. The minimum atomic E-state index is -0.729. The van der Waals surface area contributed by atoms with Crippen LogP contribution in [-0.2, 0) is 25.6 Å². The van der Waals surface area contributed by atoms with Crippen molar-refractivity contribution in [3.05, 3.63) is 41.7 Å². The van der Waals surface area contributed by atoms with Crippen molar-refractivity contribution in [1.82, 2.24) is 19.9 Å². The van der Waals surface area contributed by atoms with Crippen LogP contribution in [-0.4, -0.2) is 58.9 Å². The molecule has 12 nitrogen and oxygen atoms in total. The Hall–Kier alpha value is -4.35. The first-order chi connectivity index (χ1) is 16.7. The van der Waals surface area contributed by atoms with Crippen LogP contribution in [0.1, 0.15) is 35.3 Å². The summed E-state index contributed by atoms with van der Waals surface area (Å²) in [4.78, 5) is 54.8. The highest BCUT2D eigenvalue weighted by Crippen LogP contribution is 2.21. The normalized spacial score (nSPS) is 11.6. The standard InChI is InChI=1S/C23H27N7O5/c1-30(12-15-11-26-21-19(27-15)20(24)28-23(25)29-21)16-7-4-13(5-8-16)17(31)10-14(22(33)35-3)6-9-18(32)34-2/h4-5,7-8,11,14H,6,9-10,12H2,1-3H3,(H4,24,25,26,28,29). The summed E-state index contributed by atoms with van der Waals surface area (Å²) in [5.41, 5.74) is 14.1. The van der Waals surface area contributed by atoms with Crippen molar-refractivity contribution < 1.29 is 23.9 Å². The van der Waals surface area contributed by atoms with Crippen LogP contribution >= 0.6 is 0 Å². The Kier molecular flexibility index (Phi) is 8.08. The number of hydrogen-bond acceptors (Lipinski definition) is 12. The zero-order valence-corrected chi connectivity index (χ0v) is 19.7. The van der Waals surface area contributed by atoms with E-state index in [-0.39, 0.29) is 36.8 Å². The summed E-state index contributed by atoms with van der Waals surface area (Å²) in [7, 11) is 4.39. The van der Waals surface area contributed by atoms with Gasteiger partial charge in [0.25, 0.3) is 0 Å². The van der Waals surface area contributed by atoms with Crippen molar-refractivity contribution in [3.63, 3.8) is 0 Å². The zero-order chi connectivity index (χ0) is 25.5. The average molecular weight is 482 g/mol. The first-order valence-corrected chi connectivity index (χ1v) is 10.8. The van der Waals surface area contributed by atoms with E-state index in [0.29, 0.717) is 29.0 Å². The third-order valence-electron chi connectivity index (χ3n) is 5.42. The number of benzene rings is 1. The molecule has 2 aromatic heterocycles. The molecule has 4 N–H and O–H groups in total. The van der Waals surface area contributed by atoms with E-state index < -0.39 is 17.9 Å². The smallest absolute Gasteiger partial charge is 0.309 e. The Morgan fingerprint density at radius 3 is 2.40 bits per heavy atom. The minimum absolute atomic E-state index is 0.0239. The van der Waals surface area contributed by atoms with E-state index in [2.05, 4.69) is 24.7 Å². The van der Waals surface area contributed by atoms with E-state index in [0.717, 1.165) is 5.69 Å². The van der Waals surface area contributed by atoms with Gasteiger partial charge in [0, 0.05) is 31.1 Å². The van der Waals surface area contributed by atoms with E-state index in [4.69, 9.17) is 16.2 Å². The SMILES string of the molecule is COC(=O)CCC(CC(=O)c1ccc(N(C)Cc2cnc3nc(N)nc(N)c3n2)cc1)C(=O)OC. The van der Waals surface area contributed by atoms with Crippen LogP contribution in [0.5, 0.6) is 0 Å². The van der Waals surface area contributed by atoms with Crippen molar-refractivity contribution in [2.75, 3.05) is 37.6 Å². The summed E-state index contributed by atoms with van der Waals surface area (Å²) < 4.78 is 9.39. The van der Waals surface area contributed by atoms with Crippen molar-refractivity contribution in [1.29, 1.82) is 0 Å². The van der Waals surface area contributed by atoms with E-state index in [1.807, 2.05) is 11.9 Å². The van der Waals surface area contributed by atoms with Crippen molar-refractivity contribution in [3.8, 4) is 0 Å². The molecule has 0 aliphatic rings. The second-order valence-electron chi connectivity index (χ2n) is 7.87. The number of carbonyl (C=O) groups is 3. The lowest BCUT2D eigenvalue weighted by molar-refractivity contribution is -0.146. The molecule has 1 atom stereocenters. The van der Waals surface area contributed by atoms with Gasteiger partial charge in [0.1, 0.15) is 0 Å². The number of ketones is 1. The maximum Gasteiger partial charge on any atom is 0.309 e. The Morgan fingerprint density at radius 2 is 1.74 bits per heavy atom. The van der Waals surface area contributed by atoms with Gasteiger partial charge >= 0.3 is 11.9 Å². The molecule has 3 aromatic rings. The van der Waals surface area contributed by atoms with Gasteiger partial charge in [-0.3, -0.25) is 14.4 Å². The summed E-state index contributed by atoms with van der Waals surface area (Å²) in [5.74, 6) is -1.76. The van der Waals surface area contributed by atoms with Crippen LogP contribution in [0.3, 0.4) is 0 Å². The third kappa shape index (κ3) is 6.37. The fraction of sp³-hybridized carbons (Fsp3) is 0.348. The van der Waals surface area contributed by atoms with Gasteiger partial charge < -0.3 is 25.8 Å². The van der Waals surface area contributed by atoms with E-state index in [9.17, 15) is 14.4 Å². The van der Waals surface area contributed by atoms with Crippen LogP contribution in [0.4, 0.5) is 17.5 Å². The quantitative estimate of drug-likeness (QED) is 0.316. The fourth-order valence-corrected chi connectivity index (χ4v) is 3.50. The second-order valence-corrected chi connectivity index (χ2v) is 7.87. The molecule has 1 aromatic carbocycles. The van der Waals surface area contributed by atoms with Gasteiger partial charge in [-0.05, 0) is 30.7 Å². The van der Waals surface area contributed by atoms with E-state index in [1.165, 1.54) is 14.2 Å². The second kappa shape index (κ2) is 11.2. The molecule has 0 fully saturated rings. The monoisotopic (exact) mass is 481 g/mol. The minimum Gasteiger partial charge on any atom is -0.469 e. The Balaban J connectivity index is 1.67. The molecule has 184 valence electrons. The van der Waals surface area contributed by atoms with Crippen LogP contribution in [0.25, 0.3) is 11.2 Å². The van der Waals surface area contributed by atoms with E-state index >= 15 is 0 Å². The van der Waals surface area contributed by atoms with Crippen LogP contribution in [0.15, 0.2) is 30.5 Å². The van der Waals surface area contributed by atoms with Gasteiger partial charge in [-0.25, -0.2) is 9.97 Å². The first-order valence-electron chi connectivity index (χ1n) is 10.8. The zero-order valence-electron chi connectivity index (χ0n) is 19.7. The van der Waals surface area contributed by atoms with Gasteiger partial charge in [0.05, 0.1) is 38.6 Å². The predicted octanol–water partition coefficient (Wildman–Crippen LogP) is 1.54. The average Bonchev–Trinajstić information content (AvgIpc) is 2.86. The molecule has 0 bridgehead atoms. The molecule has 0 saturated carbocycles. The number of fused-ring (bicyclic) bond motifs is 1. The number of esters is 2. The summed E-state index contributed by atoms with van der Waals surface area (Å²) in [5, 5.41) is 0. The van der Waals surface area contributed by atoms with Gasteiger partial charge in [0.15, 0.2) is 22.8 Å². The number of rotatable bonds is 10. The summed E-state index contributed by atoms with van der Waals surface area (Å²) in [6.45, 7) is 0.415. The maximum atomic E-state index is 12.8. The largest absolute Gasteiger partial charge is 0.469 e. The van der Waals surface area contributed by atoms with Gasteiger partial charge in [-0.2, -0.15) is 9.97 Å². The van der Waals surface area contributed by atoms with Gasteiger partial charge in [0.2, 0.25) is 5.95 Å². The summed E-state index contributed by atoms with van der Waals surface area (Å²) in [6, 6.07) is 6.95. The topological polar surface area (TPSA) is 177 Å². The maximum absolute atomic E-state index is 12.8. The van der Waals surface area contributed by atoms with Crippen molar-refractivity contribution in [2.45, 2.75) is 25.8 Å². The van der Waals surface area contributed by atoms with E-state index in [1.54, 1.807) is 30.5 Å². The molecular formula is C23H27N7O5. The van der Waals surface area contributed by atoms with Crippen LogP contribution < -0.4 is 16.4 Å². The van der Waals surface area contributed by atoms with Crippen LogP contribution in [0, 0.1) is 5.92 Å². The molecule has 0 aliphatic carbocycles. The van der Waals surface area contributed by atoms with Gasteiger partial charge in [-0.15, -0.1) is 0 Å². The number of nitrogen functional groups attached to an aromatic ring is 2. The molecule has 35 heavy (non-hydrogen) atoms. The third-order valence-corrected chi connectivity index (χ3v) is 5.42. The molecule has 12 heteroatoms. The number of anilines is 3. The number of Topliss-reactive ketones (excluding diaryl/α,β-unsaturated/α-hetero) is 1. The lowest BCUT2D eigenvalue weighted by atomic mass is 9.94. The summed E-state index contributed by atoms with van der Waals surface area (Å²) in [6.07, 6.45) is 1.71. The number of nitrogens with zero attached hydrogens (tertiary/aromatic N) is 5. The first kappa shape index (κ1) is 25.3. The van der Waals surface area contributed by atoms with Crippen molar-refractivity contribution in [2.24, 2.45) is 5.92 Å². The molecule has 3 rings (SSSR count). The highest BCUT2D eigenvalue weighted by atomic mass is 16.5. The Bertz CT molecular complexity index is 1230. The number of nitrogens with two attached hydrogens (primary N) is 2. The molecule has 0 aliphatic heterocycles. The predicted molar refractivity (Wildman–Crippen MR) is 128 cm³/mol. The van der Waals surface area contributed by atoms with Crippen LogP contribution in [0.2, 0.25) is 0 Å². The van der Waals surface area contributed by atoms with Crippen molar-refractivity contribution >= 4 is 46.3 Å². The summed E-state index contributed by atoms with van der Waals surface area (Å²) >= 11 is 0. The highest BCUT2D eigenvalue weighted by Gasteiger charge is 2.24. The molecule has 0 spiro atoms. The number of ether oxygens (including phenoxy) is 2. The molecule has 0 amide bonds. The number of aromatic nitrogens is 4. The molecule has 0 radical (unpaired) electrons. The molecular weight excluding hydrogens is 454 g/mol.